The van der Waals surface area contributed by atoms with Gasteiger partial charge in [-0.1, -0.05) is 48.0 Å². The van der Waals surface area contributed by atoms with E-state index in [0.29, 0.717) is 18.5 Å². The number of aromatic nitrogens is 2. The number of nitrogens with zero attached hydrogens (tertiary/aromatic N) is 3. The number of carbonyl (C=O) groups is 12. The highest BCUT2D eigenvalue weighted by atomic mass is 32.1. The van der Waals surface area contributed by atoms with Gasteiger partial charge in [0.1, 0.15) is 60.4 Å². The second-order valence-electron chi connectivity index (χ2n) is 22.0. The lowest BCUT2D eigenvalue weighted by Gasteiger charge is -2.28. The number of primary amides is 1. The third-order valence-corrected chi connectivity index (χ3v) is 14.1. The van der Waals surface area contributed by atoms with Gasteiger partial charge in [0.05, 0.1) is 18.9 Å². The fraction of sp³-hybridized carbons (Fsp3) is 0.679. The van der Waals surface area contributed by atoms with Gasteiger partial charge in [-0.25, -0.2) is 4.98 Å². The number of hydrogen-bond acceptors (Lipinski definition) is 18. The Morgan fingerprint density at radius 2 is 0.932 bits per heavy atom. The van der Waals surface area contributed by atoms with E-state index in [-0.39, 0.29) is 86.9 Å². The quantitative estimate of drug-likeness (QED) is 0.0126. The molecule has 0 aliphatic rings. The Balaban J connectivity index is 3.14. The van der Waals surface area contributed by atoms with Crippen molar-refractivity contribution in [3.8, 4) is 0 Å². The first-order valence-corrected chi connectivity index (χ1v) is 30.2. The number of thiol groups is 2. The van der Waals surface area contributed by atoms with Crippen molar-refractivity contribution in [2.75, 3.05) is 31.1 Å². The fourth-order valence-corrected chi connectivity index (χ4v) is 8.67. The van der Waals surface area contributed by atoms with Crippen LogP contribution in [0.2, 0.25) is 0 Å². The van der Waals surface area contributed by atoms with E-state index >= 15 is 0 Å². The van der Waals surface area contributed by atoms with Gasteiger partial charge in [0.15, 0.2) is 11.9 Å². The van der Waals surface area contributed by atoms with E-state index in [4.69, 9.17) is 34.4 Å². The van der Waals surface area contributed by atoms with Crippen molar-refractivity contribution < 1.29 is 57.5 Å². The van der Waals surface area contributed by atoms with Crippen molar-refractivity contribution in [3.05, 3.63) is 18.2 Å². The van der Waals surface area contributed by atoms with E-state index in [1.807, 2.05) is 13.8 Å². The zero-order valence-corrected chi connectivity index (χ0v) is 53.3. The zero-order valence-electron chi connectivity index (χ0n) is 51.5. The number of guanidine groups is 2. The Morgan fingerprint density at radius 1 is 0.511 bits per heavy atom. The molecule has 0 aliphatic carbocycles. The van der Waals surface area contributed by atoms with Gasteiger partial charge in [-0.2, -0.15) is 25.3 Å². The summed E-state index contributed by atoms with van der Waals surface area (Å²) in [6.45, 7) is 14.4. The van der Waals surface area contributed by atoms with Crippen LogP contribution < -0.4 is 92.9 Å². The Hall–Kier alpha value is -7.95. The summed E-state index contributed by atoms with van der Waals surface area (Å²) in [6.07, 6.45) is 3.91. The SMILES string of the molecule is CC[C@H](C)[C@H](NC(=O)[C@H](C)NC(=O)[C@H](CC(C)C)NC(=O)[C@H](CS)NC(=O)[C@H](Cc1cnc[nH]1)NC(=O)[C@H](C)NC(=O)[C@H](C)NC(=O)[C@H](CS)NC(=O)[C@@H](N)CC(C)C)C(=O)NCC(=O)N[C@@H](CCCN=C(N)N)C(=O)N[C@@H](CCCN=C(N)N)C(N)=O. The maximum Gasteiger partial charge on any atom is 0.244 e. The molecule has 35 heteroatoms. The van der Waals surface area contributed by atoms with Crippen LogP contribution in [-0.2, 0) is 64.0 Å². The normalized spacial score (nSPS) is 15.2. The van der Waals surface area contributed by atoms with Crippen LogP contribution in [0.3, 0.4) is 0 Å². The lowest BCUT2D eigenvalue weighted by molar-refractivity contribution is -0.135. The third-order valence-electron chi connectivity index (χ3n) is 13.3. The number of rotatable bonds is 41. The molecule has 0 unspecified atom stereocenters. The highest BCUT2D eigenvalue weighted by Crippen LogP contribution is 2.12. The standard InChI is InChI=1S/C53H95N21O12S2/c1-10-27(6)40(51(86)63-21-39(75)68-34(14-12-16-62-53(58)59)46(81)69-33(41(55)76)13-11-15-61-52(56)57)74-44(79)30(9)66-47(82)35(18-26(4)5)71-50(85)38(23-88)73-48(83)36(19-31-20-60-24-64-31)70-43(78)29(8)65-42(77)28(7)67-49(84)37(22-87)72-45(80)32(54)17-25(2)3/h20,24-30,32-38,40,87-88H,10-19,21-23,54H2,1-9H3,(H2,55,76)(H,60,64)(H,63,86)(H,65,77)(H,66,82)(H,67,84)(H,68,75)(H,69,81)(H,70,78)(H,71,85)(H,72,80)(H,73,83)(H,74,79)(H4,56,57,61)(H4,58,59,62)/t27-,28-,29-,30-,32-,33-,34-,35-,36-,37-,38-,40-/m0/s1. The highest BCUT2D eigenvalue weighted by molar-refractivity contribution is 7.80. The molecule has 0 bridgehead atoms. The van der Waals surface area contributed by atoms with Crippen LogP contribution in [0.25, 0.3) is 0 Å². The van der Waals surface area contributed by atoms with Gasteiger partial charge in [0, 0.05) is 42.9 Å². The summed E-state index contributed by atoms with van der Waals surface area (Å²) >= 11 is 8.43. The topological polar surface area (TPSA) is 547 Å². The van der Waals surface area contributed by atoms with Gasteiger partial charge >= 0.3 is 0 Å². The number of H-pyrrole nitrogens is 1. The molecule has 0 saturated heterocycles. The van der Waals surface area contributed by atoms with Gasteiger partial charge in [-0.15, -0.1) is 0 Å². The number of nitrogens with one attached hydrogen (secondary N) is 12. The predicted molar refractivity (Wildman–Crippen MR) is 335 cm³/mol. The average molecular weight is 1280 g/mol. The molecule has 1 heterocycles. The van der Waals surface area contributed by atoms with E-state index in [1.54, 1.807) is 27.7 Å². The average Bonchev–Trinajstić information content (AvgIpc) is 3.97. The van der Waals surface area contributed by atoms with E-state index < -0.39 is 150 Å². The monoisotopic (exact) mass is 1280 g/mol. The summed E-state index contributed by atoms with van der Waals surface area (Å²) in [4.78, 5) is 175. The van der Waals surface area contributed by atoms with Crippen LogP contribution >= 0.6 is 25.3 Å². The number of imidazole rings is 1. The van der Waals surface area contributed by atoms with Crippen molar-refractivity contribution >= 4 is 108 Å². The van der Waals surface area contributed by atoms with Crippen LogP contribution in [0.5, 0.6) is 0 Å². The summed E-state index contributed by atoms with van der Waals surface area (Å²) in [6, 6.07) is -13.5. The van der Waals surface area contributed by atoms with Crippen molar-refractivity contribution in [2.24, 2.45) is 62.1 Å². The Morgan fingerprint density at radius 3 is 1.41 bits per heavy atom. The van der Waals surface area contributed by atoms with Crippen molar-refractivity contribution in [1.82, 2.24) is 68.5 Å². The fourth-order valence-electron chi connectivity index (χ4n) is 8.15. The van der Waals surface area contributed by atoms with Crippen LogP contribution in [-0.4, -0.2) is 190 Å². The zero-order chi connectivity index (χ0) is 67.0. The van der Waals surface area contributed by atoms with Crippen molar-refractivity contribution in [1.29, 1.82) is 0 Å². The first-order valence-electron chi connectivity index (χ1n) is 28.9. The van der Waals surface area contributed by atoms with E-state index in [0.717, 1.165) is 0 Å². The molecule has 0 aromatic carbocycles. The maximum atomic E-state index is 14.0. The molecular formula is C53H95N21O12S2. The second kappa shape index (κ2) is 40.5. The number of carbonyl (C=O) groups excluding carboxylic acids is 12. The minimum Gasteiger partial charge on any atom is -0.370 e. The molecule has 88 heavy (non-hydrogen) atoms. The lowest BCUT2D eigenvalue weighted by atomic mass is 9.97. The van der Waals surface area contributed by atoms with Gasteiger partial charge in [-0.3, -0.25) is 67.5 Å². The van der Waals surface area contributed by atoms with Crippen molar-refractivity contribution in [3.63, 3.8) is 0 Å². The number of amides is 12. The molecule has 33 nitrogen and oxygen atoms in total. The molecule has 0 aliphatic heterocycles. The maximum absolute atomic E-state index is 14.0. The molecule has 24 N–H and O–H groups in total. The highest BCUT2D eigenvalue weighted by Gasteiger charge is 2.35. The Bertz CT molecular complexity index is 2550. The molecule has 1 aromatic heterocycles. The Labute approximate surface area is 523 Å². The van der Waals surface area contributed by atoms with Crippen molar-refractivity contribution in [2.45, 2.75) is 180 Å². The first-order chi connectivity index (χ1) is 41.2. The van der Waals surface area contributed by atoms with E-state index in [2.05, 4.69) is 104 Å². The van der Waals surface area contributed by atoms with E-state index in [1.165, 1.54) is 33.3 Å². The molecule has 1 aromatic rings. The molecule has 1 rings (SSSR count). The smallest absolute Gasteiger partial charge is 0.244 e. The minimum absolute atomic E-state index is 0.00294. The minimum atomic E-state index is -1.40. The summed E-state index contributed by atoms with van der Waals surface area (Å²) in [5.74, 6) is -10.9. The molecular weight excluding hydrogens is 1190 g/mol. The largest absolute Gasteiger partial charge is 0.370 e. The van der Waals surface area contributed by atoms with Crippen LogP contribution in [0, 0.1) is 17.8 Å². The van der Waals surface area contributed by atoms with E-state index in [9.17, 15) is 57.5 Å². The van der Waals surface area contributed by atoms with Gasteiger partial charge in [-0.05, 0) is 77.0 Å². The molecule has 0 saturated carbocycles. The molecule has 496 valence electrons. The number of aliphatic imine (C=N–C) groups is 2. The van der Waals surface area contributed by atoms with Crippen LogP contribution in [0.15, 0.2) is 22.5 Å². The molecule has 0 radical (unpaired) electrons. The molecule has 12 amide bonds. The third kappa shape index (κ3) is 30.1. The molecule has 0 fully saturated rings. The summed E-state index contributed by atoms with van der Waals surface area (Å²) in [7, 11) is 0. The number of nitrogens with two attached hydrogens (primary N) is 6. The van der Waals surface area contributed by atoms with Gasteiger partial charge in [0.25, 0.3) is 0 Å². The lowest BCUT2D eigenvalue weighted by Crippen LogP contribution is -2.60. The number of hydrogen-bond donors (Lipinski definition) is 20. The van der Waals surface area contributed by atoms with Crippen LogP contribution in [0.4, 0.5) is 0 Å². The molecule has 0 spiro atoms. The summed E-state index contributed by atoms with van der Waals surface area (Å²) in [5, 5.41) is 27.9. The molecule has 12 atom stereocenters. The second-order valence-corrected chi connectivity index (χ2v) is 22.7. The Kier molecular flexibility index (Phi) is 35.9. The van der Waals surface area contributed by atoms with Gasteiger partial charge < -0.3 is 97.9 Å². The summed E-state index contributed by atoms with van der Waals surface area (Å²) < 4.78 is 0. The van der Waals surface area contributed by atoms with Gasteiger partial charge in [0.2, 0.25) is 70.9 Å². The first kappa shape index (κ1) is 78.1. The number of aromatic amines is 1. The predicted octanol–water partition coefficient (Wildman–Crippen LogP) is -6.11. The summed E-state index contributed by atoms with van der Waals surface area (Å²) in [5.41, 5.74) is 33.4. The van der Waals surface area contributed by atoms with Crippen LogP contribution in [0.1, 0.15) is 113 Å².